The van der Waals surface area contributed by atoms with Gasteiger partial charge in [0.15, 0.2) is 5.17 Å². The molecule has 0 bridgehead atoms. The van der Waals surface area contributed by atoms with Crippen molar-refractivity contribution in [2.75, 3.05) is 14.2 Å². The molecule has 1 aromatic rings. The summed E-state index contributed by atoms with van der Waals surface area (Å²) in [6.45, 7) is 0. The van der Waals surface area contributed by atoms with Crippen LogP contribution in [0.3, 0.4) is 0 Å². The third kappa shape index (κ3) is 4.19. The number of nitrogens with one attached hydrogen (secondary N) is 1. The Kier molecular flexibility index (Phi) is 5.31. The van der Waals surface area contributed by atoms with E-state index < -0.39 is 11.9 Å². The van der Waals surface area contributed by atoms with Crippen molar-refractivity contribution >= 4 is 35.0 Å². The minimum Gasteiger partial charge on any atom is -0.497 e. The predicted molar refractivity (Wildman–Crippen MR) is 83.9 cm³/mol. The summed E-state index contributed by atoms with van der Waals surface area (Å²) in [6.07, 6.45) is 2.65. The molecule has 7 nitrogen and oxygen atoms in total. The van der Waals surface area contributed by atoms with Crippen LogP contribution in [0.25, 0.3) is 0 Å². The van der Waals surface area contributed by atoms with Crippen molar-refractivity contribution in [2.45, 2.75) is 0 Å². The largest absolute Gasteiger partial charge is 0.497 e. The molecule has 0 spiro atoms. The molecule has 0 atom stereocenters. The van der Waals surface area contributed by atoms with Gasteiger partial charge in [-0.25, -0.2) is 4.79 Å². The van der Waals surface area contributed by atoms with Crippen LogP contribution in [-0.4, -0.2) is 37.5 Å². The summed E-state index contributed by atoms with van der Waals surface area (Å²) in [6, 6.07) is 7.26. The second-order valence-corrected chi connectivity index (χ2v) is 5.04. The zero-order valence-corrected chi connectivity index (χ0v) is 12.7. The van der Waals surface area contributed by atoms with Crippen molar-refractivity contribution in [1.29, 1.82) is 0 Å². The minimum absolute atomic E-state index is 0.213. The first-order chi connectivity index (χ1) is 10.6. The van der Waals surface area contributed by atoms with Gasteiger partial charge in [0.1, 0.15) is 5.75 Å². The average Bonchev–Trinajstić information content (AvgIpc) is 2.87. The fourth-order valence-corrected chi connectivity index (χ4v) is 2.22. The molecular formula is C14H13N3O4S. The Hall–Kier alpha value is -2.61. The topological polar surface area (TPSA) is 89.3 Å². The van der Waals surface area contributed by atoms with Gasteiger partial charge in [-0.2, -0.15) is 5.10 Å². The number of esters is 1. The summed E-state index contributed by atoms with van der Waals surface area (Å²) in [5.74, 6) is -0.255. The Morgan fingerprint density at radius 1 is 1.27 bits per heavy atom. The number of hydrogen-bond acceptors (Lipinski definition) is 7. The maximum Gasteiger partial charge on any atom is 0.331 e. The Labute approximate surface area is 131 Å². The molecule has 8 heteroatoms. The van der Waals surface area contributed by atoms with E-state index in [1.54, 1.807) is 25.5 Å². The normalized spacial score (nSPS) is 18.0. The molecule has 0 radical (unpaired) electrons. The molecule has 22 heavy (non-hydrogen) atoms. The summed E-state index contributed by atoms with van der Waals surface area (Å²) in [5, 5.41) is 10.6. The lowest BCUT2D eigenvalue weighted by atomic mass is 10.2. The quantitative estimate of drug-likeness (QED) is 0.391. The highest BCUT2D eigenvalue weighted by Gasteiger charge is 2.24. The highest BCUT2D eigenvalue weighted by Crippen LogP contribution is 2.23. The molecule has 1 aliphatic heterocycles. The fraction of sp³-hybridized carbons (Fsp3) is 0.143. The fourth-order valence-electron chi connectivity index (χ4n) is 1.48. The molecule has 114 valence electrons. The lowest BCUT2D eigenvalue weighted by molar-refractivity contribution is -0.135. The summed E-state index contributed by atoms with van der Waals surface area (Å²) >= 11 is 1.02. The van der Waals surface area contributed by atoms with Crippen molar-refractivity contribution in [3.63, 3.8) is 0 Å². The Balaban J connectivity index is 2.01. The lowest BCUT2D eigenvalue weighted by Gasteiger charge is -1.97. The van der Waals surface area contributed by atoms with E-state index in [2.05, 4.69) is 20.3 Å². The summed E-state index contributed by atoms with van der Waals surface area (Å²) in [5.41, 5.74) is 0.838. The number of carbonyl (C=O) groups is 2. The van der Waals surface area contributed by atoms with Gasteiger partial charge in [-0.3, -0.25) is 10.1 Å². The average molecular weight is 319 g/mol. The third-order valence-corrected chi connectivity index (χ3v) is 3.47. The van der Waals surface area contributed by atoms with Gasteiger partial charge in [-0.1, -0.05) is 0 Å². The van der Waals surface area contributed by atoms with Crippen LogP contribution in [0.4, 0.5) is 0 Å². The van der Waals surface area contributed by atoms with Crippen LogP contribution in [0.5, 0.6) is 5.75 Å². The first-order valence-corrected chi connectivity index (χ1v) is 6.98. The number of thioether (sulfide) groups is 1. The molecule has 0 aliphatic carbocycles. The number of amides is 1. The smallest absolute Gasteiger partial charge is 0.331 e. The van der Waals surface area contributed by atoms with E-state index in [9.17, 15) is 9.59 Å². The molecule has 0 unspecified atom stereocenters. The maximum atomic E-state index is 11.6. The van der Waals surface area contributed by atoms with E-state index in [-0.39, 0.29) is 4.91 Å². The van der Waals surface area contributed by atoms with Crippen LogP contribution >= 0.6 is 11.8 Å². The second kappa shape index (κ2) is 7.41. The minimum atomic E-state index is -0.597. The van der Waals surface area contributed by atoms with E-state index in [1.165, 1.54) is 7.11 Å². The van der Waals surface area contributed by atoms with Crippen LogP contribution in [0, 0.1) is 0 Å². The SMILES string of the molecule is COC(=O)/C=C1\S/C(=N\N=C/c2ccc(OC)cc2)NC1=O. The molecule has 2 rings (SSSR count). The number of amidine groups is 1. The van der Waals surface area contributed by atoms with Crippen molar-refractivity contribution in [3.8, 4) is 5.75 Å². The number of nitrogens with zero attached hydrogens (tertiary/aromatic N) is 2. The van der Waals surface area contributed by atoms with Gasteiger partial charge >= 0.3 is 5.97 Å². The van der Waals surface area contributed by atoms with Crippen LogP contribution < -0.4 is 10.1 Å². The number of benzene rings is 1. The van der Waals surface area contributed by atoms with Crippen molar-refractivity contribution in [2.24, 2.45) is 10.2 Å². The van der Waals surface area contributed by atoms with Gasteiger partial charge in [0, 0.05) is 6.08 Å². The molecule has 0 aromatic heterocycles. The van der Waals surface area contributed by atoms with E-state index in [0.717, 1.165) is 29.2 Å². The third-order valence-electron chi connectivity index (χ3n) is 2.57. The standard InChI is InChI=1S/C14H13N3O4S/c1-20-10-5-3-9(4-6-10)8-15-17-14-16-13(19)11(22-14)7-12(18)21-2/h3-8H,1-2H3,(H,16,17,19)/b11-7-,15-8-. The molecule has 0 saturated carbocycles. The summed E-state index contributed by atoms with van der Waals surface area (Å²) in [4.78, 5) is 22.9. The van der Waals surface area contributed by atoms with Crippen LogP contribution in [0.1, 0.15) is 5.56 Å². The zero-order valence-electron chi connectivity index (χ0n) is 11.9. The predicted octanol–water partition coefficient (Wildman–Crippen LogP) is 1.30. The molecule has 1 amide bonds. The molecule has 1 aromatic carbocycles. The first-order valence-electron chi connectivity index (χ1n) is 6.16. The summed E-state index contributed by atoms with van der Waals surface area (Å²) < 4.78 is 9.52. The van der Waals surface area contributed by atoms with E-state index in [0.29, 0.717) is 5.17 Å². The maximum absolute atomic E-state index is 11.6. The van der Waals surface area contributed by atoms with Gasteiger partial charge in [-0.15, -0.1) is 5.10 Å². The molecule has 1 aliphatic rings. The van der Waals surface area contributed by atoms with Crippen molar-refractivity contribution < 1.29 is 19.1 Å². The molecule has 1 N–H and O–H groups in total. The summed E-state index contributed by atoms with van der Waals surface area (Å²) in [7, 11) is 2.83. The first kappa shape index (κ1) is 15.8. The number of rotatable bonds is 4. The monoisotopic (exact) mass is 319 g/mol. The van der Waals surface area contributed by atoms with Crippen molar-refractivity contribution in [3.05, 3.63) is 40.8 Å². The number of carbonyl (C=O) groups excluding carboxylic acids is 2. The van der Waals surface area contributed by atoms with Crippen LogP contribution in [0.2, 0.25) is 0 Å². The van der Waals surface area contributed by atoms with Crippen LogP contribution in [0.15, 0.2) is 45.4 Å². The molecule has 1 heterocycles. The Morgan fingerprint density at radius 3 is 2.64 bits per heavy atom. The molecular weight excluding hydrogens is 306 g/mol. The highest BCUT2D eigenvalue weighted by molar-refractivity contribution is 8.18. The van der Waals surface area contributed by atoms with Gasteiger partial charge in [-0.05, 0) is 41.6 Å². The van der Waals surface area contributed by atoms with Gasteiger partial charge < -0.3 is 9.47 Å². The number of ether oxygens (including phenoxy) is 2. The van der Waals surface area contributed by atoms with Crippen LogP contribution in [-0.2, 0) is 14.3 Å². The number of hydrogen-bond donors (Lipinski definition) is 1. The van der Waals surface area contributed by atoms with E-state index in [4.69, 9.17) is 4.74 Å². The van der Waals surface area contributed by atoms with E-state index >= 15 is 0 Å². The van der Waals surface area contributed by atoms with Gasteiger partial charge in [0.2, 0.25) is 0 Å². The Morgan fingerprint density at radius 2 is 2.00 bits per heavy atom. The van der Waals surface area contributed by atoms with Gasteiger partial charge in [0.25, 0.3) is 5.91 Å². The molecule has 1 fully saturated rings. The van der Waals surface area contributed by atoms with E-state index in [1.807, 2.05) is 12.1 Å². The zero-order chi connectivity index (χ0) is 15.9. The highest BCUT2D eigenvalue weighted by atomic mass is 32.2. The van der Waals surface area contributed by atoms with Crippen molar-refractivity contribution in [1.82, 2.24) is 5.32 Å². The second-order valence-electron chi connectivity index (χ2n) is 4.01. The lowest BCUT2D eigenvalue weighted by Crippen LogP contribution is -2.19. The Bertz CT molecular complexity index is 665. The number of methoxy groups -OCH3 is 2. The van der Waals surface area contributed by atoms with Gasteiger partial charge in [0.05, 0.1) is 25.3 Å². The molecule has 1 saturated heterocycles.